The maximum absolute atomic E-state index is 9.78. The molecule has 2 unspecified atom stereocenters. The second-order valence-electron chi connectivity index (χ2n) is 5.82. The lowest BCUT2D eigenvalue weighted by Gasteiger charge is -2.25. The standard InChI is InChI=1S/C21H26O5/c1-6-7-15-8-11-18(20(12-15)24-4)26-14(2)21(25-5)16-9-10-17(22)19(13-16)23-3/h6-14,21-22H,1-5H3. The Morgan fingerprint density at radius 1 is 0.923 bits per heavy atom. The molecular formula is C21H26O5. The van der Waals surface area contributed by atoms with Crippen molar-refractivity contribution in [2.24, 2.45) is 0 Å². The summed E-state index contributed by atoms with van der Waals surface area (Å²) < 4.78 is 22.4. The fourth-order valence-electron chi connectivity index (χ4n) is 2.81. The molecule has 0 bridgehead atoms. The van der Waals surface area contributed by atoms with E-state index in [4.69, 9.17) is 18.9 Å². The van der Waals surface area contributed by atoms with E-state index in [9.17, 15) is 5.11 Å². The van der Waals surface area contributed by atoms with Crippen LogP contribution in [0.15, 0.2) is 42.5 Å². The highest BCUT2D eigenvalue weighted by Crippen LogP contribution is 2.35. The molecule has 0 aliphatic carbocycles. The lowest BCUT2D eigenvalue weighted by molar-refractivity contribution is 0.00834. The fourth-order valence-corrected chi connectivity index (χ4v) is 2.81. The van der Waals surface area contributed by atoms with Crippen molar-refractivity contribution in [2.75, 3.05) is 21.3 Å². The molecular weight excluding hydrogens is 332 g/mol. The number of methoxy groups -OCH3 is 3. The molecule has 0 fully saturated rings. The quantitative estimate of drug-likeness (QED) is 0.747. The lowest BCUT2D eigenvalue weighted by Crippen LogP contribution is -2.23. The summed E-state index contributed by atoms with van der Waals surface area (Å²) in [5.41, 5.74) is 1.88. The third kappa shape index (κ3) is 4.49. The van der Waals surface area contributed by atoms with E-state index >= 15 is 0 Å². The molecule has 0 saturated carbocycles. The lowest BCUT2D eigenvalue weighted by atomic mass is 10.0. The van der Waals surface area contributed by atoms with E-state index in [1.165, 1.54) is 7.11 Å². The molecule has 26 heavy (non-hydrogen) atoms. The Hall–Kier alpha value is -2.66. The van der Waals surface area contributed by atoms with Gasteiger partial charge >= 0.3 is 0 Å². The molecule has 0 saturated heterocycles. The third-order valence-corrected chi connectivity index (χ3v) is 4.07. The SMILES string of the molecule is CC=Cc1ccc(OC(C)C(OC)c2ccc(O)c(OC)c2)c(OC)c1. The van der Waals surface area contributed by atoms with Gasteiger partial charge in [-0.3, -0.25) is 0 Å². The first-order chi connectivity index (χ1) is 12.5. The minimum absolute atomic E-state index is 0.0842. The highest BCUT2D eigenvalue weighted by molar-refractivity contribution is 5.55. The molecule has 5 nitrogen and oxygen atoms in total. The van der Waals surface area contributed by atoms with Gasteiger partial charge in [0.25, 0.3) is 0 Å². The number of phenolic OH excluding ortho intramolecular Hbond substituents is 1. The van der Waals surface area contributed by atoms with E-state index in [-0.39, 0.29) is 18.0 Å². The van der Waals surface area contributed by atoms with Gasteiger partial charge in [0.05, 0.1) is 14.2 Å². The Kier molecular flexibility index (Phi) is 6.92. The Morgan fingerprint density at radius 3 is 2.27 bits per heavy atom. The number of benzene rings is 2. The van der Waals surface area contributed by atoms with Crippen LogP contribution in [0.4, 0.5) is 0 Å². The number of rotatable bonds is 8. The molecule has 0 spiro atoms. The van der Waals surface area contributed by atoms with E-state index in [2.05, 4.69) is 0 Å². The number of hydrogen-bond acceptors (Lipinski definition) is 5. The minimum Gasteiger partial charge on any atom is -0.504 e. The van der Waals surface area contributed by atoms with E-state index in [1.54, 1.807) is 32.4 Å². The van der Waals surface area contributed by atoms with Gasteiger partial charge in [-0.15, -0.1) is 0 Å². The molecule has 0 radical (unpaired) electrons. The van der Waals surface area contributed by atoms with Crippen LogP contribution in [-0.2, 0) is 4.74 Å². The van der Waals surface area contributed by atoms with Gasteiger partial charge in [-0.2, -0.15) is 0 Å². The zero-order valence-electron chi connectivity index (χ0n) is 15.9. The summed E-state index contributed by atoms with van der Waals surface area (Å²) in [6.07, 6.45) is 3.33. The van der Waals surface area contributed by atoms with Crippen LogP contribution in [0.2, 0.25) is 0 Å². The van der Waals surface area contributed by atoms with Gasteiger partial charge in [0.2, 0.25) is 0 Å². The van der Waals surface area contributed by atoms with E-state index in [1.807, 2.05) is 44.2 Å². The molecule has 140 valence electrons. The van der Waals surface area contributed by atoms with Gasteiger partial charge in [-0.1, -0.05) is 24.3 Å². The summed E-state index contributed by atoms with van der Waals surface area (Å²) >= 11 is 0. The van der Waals surface area contributed by atoms with Crippen molar-refractivity contribution in [3.63, 3.8) is 0 Å². The Bertz CT molecular complexity index is 754. The maximum Gasteiger partial charge on any atom is 0.161 e. The van der Waals surface area contributed by atoms with Crippen LogP contribution in [0.3, 0.4) is 0 Å². The molecule has 5 heteroatoms. The average Bonchev–Trinajstić information content (AvgIpc) is 2.65. The molecule has 0 amide bonds. The molecule has 2 atom stereocenters. The van der Waals surface area contributed by atoms with Gasteiger partial charge in [0.15, 0.2) is 23.0 Å². The zero-order chi connectivity index (χ0) is 19.1. The van der Waals surface area contributed by atoms with Crippen LogP contribution >= 0.6 is 0 Å². The number of hydrogen-bond donors (Lipinski definition) is 1. The average molecular weight is 358 g/mol. The topological polar surface area (TPSA) is 57.2 Å². The van der Waals surface area contributed by atoms with Gasteiger partial charge < -0.3 is 24.1 Å². The van der Waals surface area contributed by atoms with Gasteiger partial charge in [0.1, 0.15) is 12.2 Å². The second-order valence-corrected chi connectivity index (χ2v) is 5.82. The van der Waals surface area contributed by atoms with Crippen molar-refractivity contribution in [2.45, 2.75) is 26.1 Å². The molecule has 1 N–H and O–H groups in total. The van der Waals surface area contributed by atoms with Crippen molar-refractivity contribution < 1.29 is 24.1 Å². The van der Waals surface area contributed by atoms with Crippen LogP contribution in [0.25, 0.3) is 6.08 Å². The molecule has 0 aliphatic rings. The first kappa shape index (κ1) is 19.7. The van der Waals surface area contributed by atoms with Crippen LogP contribution in [0.5, 0.6) is 23.0 Å². The van der Waals surface area contributed by atoms with Crippen LogP contribution in [0.1, 0.15) is 31.1 Å². The van der Waals surface area contributed by atoms with Crippen LogP contribution in [-0.4, -0.2) is 32.5 Å². The summed E-state index contributed by atoms with van der Waals surface area (Å²) in [7, 11) is 4.75. The first-order valence-electron chi connectivity index (χ1n) is 8.41. The second kappa shape index (κ2) is 9.15. The predicted molar refractivity (Wildman–Crippen MR) is 102 cm³/mol. The Balaban J connectivity index is 2.25. The maximum atomic E-state index is 9.78. The number of ether oxygens (including phenoxy) is 4. The third-order valence-electron chi connectivity index (χ3n) is 4.07. The molecule has 0 heterocycles. The monoisotopic (exact) mass is 358 g/mol. The molecule has 2 aromatic carbocycles. The summed E-state index contributed by atoms with van der Waals surface area (Å²) in [6, 6.07) is 10.9. The van der Waals surface area contributed by atoms with Gasteiger partial charge in [-0.25, -0.2) is 0 Å². The predicted octanol–water partition coefficient (Wildman–Crippen LogP) is 4.60. The summed E-state index contributed by atoms with van der Waals surface area (Å²) in [4.78, 5) is 0. The summed E-state index contributed by atoms with van der Waals surface area (Å²) in [5, 5.41) is 9.78. The van der Waals surface area contributed by atoms with Crippen molar-refractivity contribution in [3.05, 3.63) is 53.6 Å². The van der Waals surface area contributed by atoms with E-state index in [0.29, 0.717) is 17.2 Å². The highest BCUT2D eigenvalue weighted by atomic mass is 16.5. The largest absolute Gasteiger partial charge is 0.504 e. The van der Waals surface area contributed by atoms with Crippen molar-refractivity contribution in [3.8, 4) is 23.0 Å². The van der Waals surface area contributed by atoms with Crippen molar-refractivity contribution >= 4 is 6.08 Å². The van der Waals surface area contributed by atoms with Gasteiger partial charge in [-0.05, 0) is 49.2 Å². The van der Waals surface area contributed by atoms with E-state index < -0.39 is 0 Å². The first-order valence-corrected chi connectivity index (χ1v) is 8.41. The zero-order valence-corrected chi connectivity index (χ0v) is 15.9. The van der Waals surface area contributed by atoms with Crippen molar-refractivity contribution in [1.82, 2.24) is 0 Å². The number of allylic oxidation sites excluding steroid dienone is 1. The van der Waals surface area contributed by atoms with Gasteiger partial charge in [0, 0.05) is 7.11 Å². The Morgan fingerprint density at radius 2 is 1.65 bits per heavy atom. The Labute approximate surface area is 154 Å². The smallest absolute Gasteiger partial charge is 0.161 e. The molecule has 0 aromatic heterocycles. The van der Waals surface area contributed by atoms with Crippen LogP contribution < -0.4 is 14.2 Å². The van der Waals surface area contributed by atoms with Crippen molar-refractivity contribution in [1.29, 1.82) is 0 Å². The highest BCUT2D eigenvalue weighted by Gasteiger charge is 2.23. The minimum atomic E-state index is -0.343. The molecule has 0 aliphatic heterocycles. The van der Waals surface area contributed by atoms with Crippen LogP contribution in [0, 0.1) is 0 Å². The molecule has 2 rings (SSSR count). The van der Waals surface area contributed by atoms with E-state index in [0.717, 1.165) is 11.1 Å². The fraction of sp³-hybridized carbons (Fsp3) is 0.333. The summed E-state index contributed by atoms with van der Waals surface area (Å²) in [6.45, 7) is 3.89. The summed E-state index contributed by atoms with van der Waals surface area (Å²) in [5.74, 6) is 1.78. The number of aromatic hydroxyl groups is 1. The molecule has 2 aromatic rings. The number of phenols is 1. The normalized spacial score (nSPS) is 13.4.